The molecule has 0 heterocycles. The molecule has 0 spiro atoms. The van der Waals surface area contributed by atoms with Crippen LogP contribution in [0.4, 0.5) is 4.39 Å². The van der Waals surface area contributed by atoms with Crippen molar-refractivity contribution in [3.8, 4) is 0 Å². The summed E-state index contributed by atoms with van der Waals surface area (Å²) in [5, 5.41) is 8.81. The normalized spacial score (nSPS) is 12.7. The monoisotopic (exact) mass is 413 g/mol. The van der Waals surface area contributed by atoms with E-state index in [1.807, 2.05) is 0 Å². The van der Waals surface area contributed by atoms with Gasteiger partial charge in [-0.05, 0) is 42.7 Å². The topological polar surface area (TPSA) is 83.5 Å². The van der Waals surface area contributed by atoms with Gasteiger partial charge in [0.15, 0.2) is 0 Å². The third-order valence-electron chi connectivity index (χ3n) is 4.08. The molecular weight excluding hydrogens is 393 g/mol. The number of carboxylic acids is 1. The van der Waals surface area contributed by atoms with Crippen LogP contribution >= 0.6 is 11.6 Å². The van der Waals surface area contributed by atoms with E-state index in [0.29, 0.717) is 31.2 Å². The fraction of sp³-hybridized carbons (Fsp3) is 0.316. The Bertz CT molecular complexity index is 872. The van der Waals surface area contributed by atoms with E-state index in [1.165, 1.54) is 36.4 Å². The molecule has 27 heavy (non-hydrogen) atoms. The Morgan fingerprint density at radius 1 is 1.07 bits per heavy atom. The number of hydrogen-bond acceptors (Lipinski definition) is 3. The van der Waals surface area contributed by atoms with Gasteiger partial charge in [-0.25, -0.2) is 17.5 Å². The molecule has 2 N–H and O–H groups in total. The third kappa shape index (κ3) is 6.61. The third-order valence-corrected chi connectivity index (χ3v) is 6.05. The first-order valence-electron chi connectivity index (χ1n) is 8.54. The van der Waals surface area contributed by atoms with Gasteiger partial charge < -0.3 is 5.11 Å². The lowest BCUT2D eigenvalue weighted by Gasteiger charge is -2.20. The maximum atomic E-state index is 13.2. The van der Waals surface area contributed by atoms with Crippen LogP contribution in [0.15, 0.2) is 53.4 Å². The fourth-order valence-electron chi connectivity index (χ4n) is 2.70. The molecule has 0 bridgehead atoms. The Balaban J connectivity index is 2.15. The summed E-state index contributed by atoms with van der Waals surface area (Å²) < 4.78 is 41.3. The molecule has 0 fully saturated rings. The molecule has 0 aliphatic rings. The van der Waals surface area contributed by atoms with E-state index in [2.05, 4.69) is 4.72 Å². The summed E-state index contributed by atoms with van der Waals surface area (Å²) in [6, 6.07) is 11.2. The molecule has 8 heteroatoms. The molecule has 5 nitrogen and oxygen atoms in total. The van der Waals surface area contributed by atoms with Crippen LogP contribution < -0.4 is 4.72 Å². The number of benzene rings is 2. The molecule has 0 amide bonds. The molecule has 146 valence electrons. The molecular formula is C19H21ClFNO4S. The Morgan fingerprint density at radius 2 is 1.74 bits per heavy atom. The smallest absolute Gasteiger partial charge is 0.303 e. The predicted molar refractivity (Wildman–Crippen MR) is 102 cm³/mol. The van der Waals surface area contributed by atoms with Crippen LogP contribution in [0.25, 0.3) is 0 Å². The summed E-state index contributed by atoms with van der Waals surface area (Å²) in [5.41, 5.74) is 0.630. The molecule has 0 aromatic heterocycles. The Labute approximate surface area is 163 Å². The van der Waals surface area contributed by atoms with E-state index >= 15 is 0 Å². The minimum atomic E-state index is -3.87. The quantitative estimate of drug-likeness (QED) is 0.560. The van der Waals surface area contributed by atoms with E-state index in [9.17, 15) is 17.6 Å². The van der Waals surface area contributed by atoms with Gasteiger partial charge in [-0.1, -0.05) is 48.7 Å². The second-order valence-electron chi connectivity index (χ2n) is 6.15. The van der Waals surface area contributed by atoms with Crippen molar-refractivity contribution in [3.05, 3.63) is 64.9 Å². The summed E-state index contributed by atoms with van der Waals surface area (Å²) in [6.45, 7) is 0. The average Bonchev–Trinajstić information content (AvgIpc) is 2.61. The zero-order chi connectivity index (χ0) is 19.9. The molecule has 2 rings (SSSR count). The van der Waals surface area contributed by atoms with Crippen LogP contribution in [-0.4, -0.2) is 19.5 Å². The van der Waals surface area contributed by atoms with Gasteiger partial charge in [0.1, 0.15) is 10.7 Å². The molecule has 0 saturated heterocycles. The summed E-state index contributed by atoms with van der Waals surface area (Å²) in [4.78, 5) is 10.6. The SMILES string of the molecule is O=C(O)CCCCCC(NS(=O)(=O)c1ccccc1Cl)c1ccc(F)cc1. The van der Waals surface area contributed by atoms with Crippen molar-refractivity contribution in [1.82, 2.24) is 4.72 Å². The summed E-state index contributed by atoms with van der Waals surface area (Å²) in [5.74, 6) is -1.27. The highest BCUT2D eigenvalue weighted by Gasteiger charge is 2.23. The minimum absolute atomic E-state index is 0.0235. The van der Waals surface area contributed by atoms with Crippen molar-refractivity contribution >= 4 is 27.6 Å². The number of unbranched alkanes of at least 4 members (excludes halogenated alkanes) is 2. The number of sulfonamides is 1. The van der Waals surface area contributed by atoms with Gasteiger partial charge >= 0.3 is 5.97 Å². The van der Waals surface area contributed by atoms with Crippen LogP contribution in [0.3, 0.4) is 0 Å². The van der Waals surface area contributed by atoms with Crippen molar-refractivity contribution in [3.63, 3.8) is 0 Å². The Hall–Kier alpha value is -1.96. The highest BCUT2D eigenvalue weighted by atomic mass is 35.5. The first-order chi connectivity index (χ1) is 12.8. The maximum absolute atomic E-state index is 13.2. The van der Waals surface area contributed by atoms with Gasteiger partial charge in [0.05, 0.1) is 5.02 Å². The fourth-order valence-corrected chi connectivity index (χ4v) is 4.48. The molecule has 1 unspecified atom stereocenters. The van der Waals surface area contributed by atoms with Crippen molar-refractivity contribution in [1.29, 1.82) is 0 Å². The first-order valence-corrected chi connectivity index (χ1v) is 10.4. The van der Waals surface area contributed by atoms with Gasteiger partial charge in [-0.15, -0.1) is 0 Å². The number of carboxylic acid groups (broad SMARTS) is 1. The molecule has 0 aliphatic carbocycles. The zero-order valence-corrected chi connectivity index (χ0v) is 16.1. The van der Waals surface area contributed by atoms with Gasteiger partial charge in [0, 0.05) is 12.5 Å². The molecule has 1 atom stereocenters. The van der Waals surface area contributed by atoms with E-state index in [4.69, 9.17) is 16.7 Å². The number of halogens is 2. The lowest BCUT2D eigenvalue weighted by molar-refractivity contribution is -0.137. The van der Waals surface area contributed by atoms with Crippen molar-refractivity contribution < 1.29 is 22.7 Å². The Kier molecular flexibility index (Phi) is 7.77. The maximum Gasteiger partial charge on any atom is 0.303 e. The number of aliphatic carboxylic acids is 1. The van der Waals surface area contributed by atoms with Gasteiger partial charge in [0.2, 0.25) is 10.0 Å². The number of nitrogens with one attached hydrogen (secondary N) is 1. The standard InChI is InChI=1S/C19H21ClFNO4S/c20-16-6-4-5-8-18(16)27(25,26)22-17(7-2-1-3-9-19(23)24)14-10-12-15(21)13-11-14/h4-6,8,10-13,17,22H,1-3,7,9H2,(H,23,24). The van der Waals surface area contributed by atoms with Crippen LogP contribution in [0, 0.1) is 5.82 Å². The van der Waals surface area contributed by atoms with Crippen LogP contribution in [0.5, 0.6) is 0 Å². The van der Waals surface area contributed by atoms with E-state index in [-0.39, 0.29) is 16.3 Å². The molecule has 0 saturated carbocycles. The highest BCUT2D eigenvalue weighted by molar-refractivity contribution is 7.89. The lowest BCUT2D eigenvalue weighted by atomic mass is 10.0. The van der Waals surface area contributed by atoms with Crippen molar-refractivity contribution in [2.24, 2.45) is 0 Å². The summed E-state index contributed by atoms with van der Waals surface area (Å²) in [6.07, 6.45) is 2.32. The van der Waals surface area contributed by atoms with Crippen molar-refractivity contribution in [2.75, 3.05) is 0 Å². The van der Waals surface area contributed by atoms with Gasteiger partial charge in [-0.3, -0.25) is 4.79 Å². The van der Waals surface area contributed by atoms with E-state index < -0.39 is 27.9 Å². The summed E-state index contributed by atoms with van der Waals surface area (Å²) >= 11 is 6.01. The lowest BCUT2D eigenvalue weighted by Crippen LogP contribution is -2.29. The zero-order valence-electron chi connectivity index (χ0n) is 14.6. The molecule has 2 aromatic carbocycles. The predicted octanol–water partition coefficient (Wildman–Crippen LogP) is 4.53. The average molecular weight is 414 g/mol. The molecule has 0 aliphatic heterocycles. The largest absolute Gasteiger partial charge is 0.481 e. The highest BCUT2D eigenvalue weighted by Crippen LogP contribution is 2.26. The number of rotatable bonds is 10. The van der Waals surface area contributed by atoms with Crippen LogP contribution in [0.2, 0.25) is 5.02 Å². The number of carbonyl (C=O) groups is 1. The summed E-state index contributed by atoms with van der Waals surface area (Å²) in [7, 11) is -3.87. The second-order valence-corrected chi connectivity index (χ2v) is 8.24. The first kappa shape index (κ1) is 21.3. The van der Waals surface area contributed by atoms with Crippen molar-refractivity contribution in [2.45, 2.75) is 43.0 Å². The van der Waals surface area contributed by atoms with Gasteiger partial charge in [-0.2, -0.15) is 0 Å². The minimum Gasteiger partial charge on any atom is -0.481 e. The van der Waals surface area contributed by atoms with E-state index in [1.54, 1.807) is 12.1 Å². The van der Waals surface area contributed by atoms with Crippen LogP contribution in [-0.2, 0) is 14.8 Å². The molecule has 2 aromatic rings. The second kappa shape index (κ2) is 9.82. The Morgan fingerprint density at radius 3 is 2.37 bits per heavy atom. The van der Waals surface area contributed by atoms with E-state index in [0.717, 1.165) is 0 Å². The van der Waals surface area contributed by atoms with Gasteiger partial charge in [0.25, 0.3) is 0 Å². The van der Waals surface area contributed by atoms with Crippen LogP contribution in [0.1, 0.15) is 43.7 Å². The molecule has 0 radical (unpaired) electrons. The number of hydrogen-bond donors (Lipinski definition) is 2.